The summed E-state index contributed by atoms with van der Waals surface area (Å²) in [4.78, 5) is 17.4. The molecule has 2 fully saturated rings. The van der Waals surface area contributed by atoms with E-state index in [0.717, 1.165) is 49.0 Å². The van der Waals surface area contributed by atoms with Crippen molar-refractivity contribution < 1.29 is 14.3 Å². The number of hydrogen-bond donors (Lipinski definition) is 1. The number of anilines is 2. The molecule has 1 heterocycles. The summed E-state index contributed by atoms with van der Waals surface area (Å²) in [5, 5.41) is 2.97. The lowest BCUT2D eigenvalue weighted by Gasteiger charge is -2.36. The number of ether oxygens (including phenoxy) is 2. The Morgan fingerprint density at radius 3 is 2.52 bits per heavy atom. The average Bonchev–Trinajstić information content (AvgIpc) is 3.62. The smallest absolute Gasteiger partial charge is 0.248 e. The van der Waals surface area contributed by atoms with Crippen LogP contribution in [0.1, 0.15) is 18.4 Å². The lowest BCUT2D eigenvalue weighted by atomic mass is 10.2. The van der Waals surface area contributed by atoms with E-state index in [-0.39, 0.29) is 5.91 Å². The molecule has 0 atom stereocenters. The molecule has 1 N–H and O–H groups in total. The topological polar surface area (TPSA) is 54.0 Å². The summed E-state index contributed by atoms with van der Waals surface area (Å²) >= 11 is 0. The van der Waals surface area contributed by atoms with Gasteiger partial charge >= 0.3 is 0 Å². The summed E-state index contributed by atoms with van der Waals surface area (Å²) in [5.41, 5.74) is 2.83. The highest BCUT2D eigenvalue weighted by molar-refractivity contribution is 6.02. The first-order chi connectivity index (χ1) is 15.1. The quantitative estimate of drug-likeness (QED) is 0.656. The highest BCUT2D eigenvalue weighted by Crippen LogP contribution is 2.30. The number of rotatable bonds is 8. The average molecular weight is 422 g/mol. The van der Waals surface area contributed by atoms with Crippen LogP contribution in [0.5, 0.6) is 11.5 Å². The van der Waals surface area contributed by atoms with Gasteiger partial charge in [0.25, 0.3) is 0 Å². The second-order valence-electron chi connectivity index (χ2n) is 8.22. The van der Waals surface area contributed by atoms with Crippen LogP contribution < -0.4 is 19.7 Å². The van der Waals surface area contributed by atoms with Crippen molar-refractivity contribution in [2.45, 2.75) is 12.8 Å². The summed E-state index contributed by atoms with van der Waals surface area (Å²) in [6.45, 7) is 5.55. The number of nitrogens with zero attached hydrogens (tertiary/aromatic N) is 2. The number of carbonyl (C=O) groups excluding carboxylic acids is 1. The molecule has 4 rings (SSSR count). The molecule has 1 aliphatic heterocycles. The largest absolute Gasteiger partial charge is 0.493 e. The van der Waals surface area contributed by atoms with Gasteiger partial charge < -0.3 is 19.7 Å². The molecule has 1 saturated heterocycles. The molecule has 1 amide bonds. The van der Waals surface area contributed by atoms with Crippen LogP contribution in [0.2, 0.25) is 0 Å². The van der Waals surface area contributed by atoms with E-state index in [2.05, 4.69) is 27.2 Å². The van der Waals surface area contributed by atoms with Crippen LogP contribution in [0, 0.1) is 5.92 Å². The summed E-state index contributed by atoms with van der Waals surface area (Å²) in [6, 6.07) is 13.6. The zero-order valence-corrected chi connectivity index (χ0v) is 18.3. The highest BCUT2D eigenvalue weighted by Gasteiger charge is 2.26. The van der Waals surface area contributed by atoms with Crippen molar-refractivity contribution in [1.29, 1.82) is 0 Å². The van der Waals surface area contributed by atoms with E-state index in [9.17, 15) is 4.79 Å². The third kappa shape index (κ3) is 5.79. The first-order valence-corrected chi connectivity index (χ1v) is 10.9. The molecule has 1 aliphatic carbocycles. The minimum absolute atomic E-state index is 0.166. The lowest BCUT2D eigenvalue weighted by Crippen LogP contribution is -2.47. The fourth-order valence-electron chi connectivity index (χ4n) is 3.95. The van der Waals surface area contributed by atoms with Crippen molar-refractivity contribution in [2.75, 3.05) is 57.2 Å². The van der Waals surface area contributed by atoms with Crippen molar-refractivity contribution in [3.63, 3.8) is 0 Å². The van der Waals surface area contributed by atoms with Gasteiger partial charge in [0.15, 0.2) is 11.5 Å². The molecule has 2 aromatic carbocycles. The molecule has 2 aliphatic rings. The molecule has 0 bridgehead atoms. The molecule has 0 radical (unpaired) electrons. The molecule has 6 heteroatoms. The van der Waals surface area contributed by atoms with Gasteiger partial charge in [-0.2, -0.15) is 0 Å². The van der Waals surface area contributed by atoms with Gasteiger partial charge in [-0.25, -0.2) is 0 Å². The number of carbonyl (C=O) groups is 1. The number of piperazine rings is 1. The Labute approximate surface area is 184 Å². The minimum atomic E-state index is -0.166. The number of hydrogen-bond acceptors (Lipinski definition) is 5. The summed E-state index contributed by atoms with van der Waals surface area (Å²) in [5.74, 6) is 2.07. The van der Waals surface area contributed by atoms with Gasteiger partial charge in [0.05, 0.1) is 14.2 Å². The normalized spacial score (nSPS) is 17.0. The summed E-state index contributed by atoms with van der Waals surface area (Å²) in [6.07, 6.45) is 6.11. The van der Waals surface area contributed by atoms with Crippen LogP contribution in [0.4, 0.5) is 11.4 Å². The first kappa shape index (κ1) is 21.2. The zero-order chi connectivity index (χ0) is 21.6. The Kier molecular flexibility index (Phi) is 6.77. The van der Waals surface area contributed by atoms with Crippen molar-refractivity contribution in [3.8, 4) is 11.5 Å². The lowest BCUT2D eigenvalue weighted by molar-refractivity contribution is -0.111. The SMILES string of the molecule is COc1ccc(/C=C/C(=O)Nc2cccc(N3CCN(CC4CC4)CC3)c2)cc1OC. The Hall–Kier alpha value is -2.99. The molecular formula is C25H31N3O3. The third-order valence-corrected chi connectivity index (χ3v) is 5.90. The van der Waals surface area contributed by atoms with Crippen LogP contribution in [-0.4, -0.2) is 57.8 Å². The predicted octanol–water partition coefficient (Wildman–Crippen LogP) is 3.89. The minimum Gasteiger partial charge on any atom is -0.493 e. The van der Waals surface area contributed by atoms with Gasteiger partial charge in [-0.3, -0.25) is 9.69 Å². The van der Waals surface area contributed by atoms with Crippen molar-refractivity contribution >= 4 is 23.4 Å². The molecule has 31 heavy (non-hydrogen) atoms. The fraction of sp³-hybridized carbons (Fsp3) is 0.400. The van der Waals surface area contributed by atoms with E-state index in [1.165, 1.54) is 25.5 Å². The number of methoxy groups -OCH3 is 2. The maximum atomic E-state index is 12.4. The number of amides is 1. The fourth-order valence-corrected chi connectivity index (χ4v) is 3.95. The van der Waals surface area contributed by atoms with Crippen LogP contribution >= 0.6 is 0 Å². The molecule has 6 nitrogen and oxygen atoms in total. The van der Waals surface area contributed by atoms with E-state index in [1.807, 2.05) is 30.3 Å². The monoisotopic (exact) mass is 421 g/mol. The van der Waals surface area contributed by atoms with Gasteiger partial charge in [0, 0.05) is 50.2 Å². The molecule has 0 unspecified atom stereocenters. The van der Waals surface area contributed by atoms with Gasteiger partial charge in [-0.1, -0.05) is 12.1 Å². The predicted molar refractivity (Wildman–Crippen MR) is 125 cm³/mol. The second kappa shape index (κ2) is 9.88. The second-order valence-corrected chi connectivity index (χ2v) is 8.22. The number of benzene rings is 2. The Balaban J connectivity index is 1.33. The van der Waals surface area contributed by atoms with E-state index >= 15 is 0 Å². The third-order valence-electron chi connectivity index (χ3n) is 5.90. The van der Waals surface area contributed by atoms with E-state index in [4.69, 9.17) is 9.47 Å². The molecular weight excluding hydrogens is 390 g/mol. The standard InChI is InChI=1S/C25H31N3O3/c1-30-23-10-8-19(16-24(23)31-2)9-11-25(29)26-21-4-3-5-22(17-21)28-14-12-27(13-15-28)18-20-6-7-20/h3-5,8-11,16-17,20H,6-7,12-15,18H2,1-2H3,(H,26,29)/b11-9+. The van der Waals surface area contributed by atoms with Crippen LogP contribution in [0.15, 0.2) is 48.5 Å². The maximum Gasteiger partial charge on any atom is 0.248 e. The van der Waals surface area contributed by atoms with Gasteiger partial charge in [-0.05, 0) is 60.7 Å². The number of nitrogens with one attached hydrogen (secondary N) is 1. The van der Waals surface area contributed by atoms with Crippen LogP contribution in [-0.2, 0) is 4.79 Å². The molecule has 0 aromatic heterocycles. The van der Waals surface area contributed by atoms with Gasteiger partial charge in [0.2, 0.25) is 5.91 Å². The maximum absolute atomic E-state index is 12.4. The van der Waals surface area contributed by atoms with Crippen molar-refractivity contribution in [2.24, 2.45) is 5.92 Å². The summed E-state index contributed by atoms with van der Waals surface area (Å²) < 4.78 is 10.6. The Morgan fingerprint density at radius 1 is 1.03 bits per heavy atom. The van der Waals surface area contributed by atoms with Crippen LogP contribution in [0.3, 0.4) is 0 Å². The van der Waals surface area contributed by atoms with E-state index in [1.54, 1.807) is 20.3 Å². The zero-order valence-electron chi connectivity index (χ0n) is 18.3. The van der Waals surface area contributed by atoms with Crippen molar-refractivity contribution in [3.05, 3.63) is 54.1 Å². The molecule has 0 spiro atoms. The summed E-state index contributed by atoms with van der Waals surface area (Å²) in [7, 11) is 3.20. The highest BCUT2D eigenvalue weighted by atomic mass is 16.5. The van der Waals surface area contributed by atoms with E-state index < -0.39 is 0 Å². The molecule has 1 saturated carbocycles. The van der Waals surface area contributed by atoms with E-state index in [0.29, 0.717) is 11.5 Å². The Morgan fingerprint density at radius 2 is 1.81 bits per heavy atom. The first-order valence-electron chi connectivity index (χ1n) is 10.9. The van der Waals surface area contributed by atoms with Crippen LogP contribution in [0.25, 0.3) is 6.08 Å². The molecule has 164 valence electrons. The van der Waals surface area contributed by atoms with Gasteiger partial charge in [0.1, 0.15) is 0 Å². The Bertz CT molecular complexity index is 931. The van der Waals surface area contributed by atoms with Gasteiger partial charge in [-0.15, -0.1) is 0 Å². The van der Waals surface area contributed by atoms with Crippen molar-refractivity contribution in [1.82, 2.24) is 4.90 Å². The molecule has 2 aromatic rings.